The molecule has 0 spiro atoms. The maximum absolute atomic E-state index is 12.3. The highest BCUT2D eigenvalue weighted by atomic mass is 16.5. The van der Waals surface area contributed by atoms with E-state index in [-0.39, 0.29) is 19.2 Å². The minimum absolute atomic E-state index is 0.197. The number of hydrogen-bond donors (Lipinski definition) is 2. The first-order valence-electron chi connectivity index (χ1n) is 7.91. The molecule has 0 fully saturated rings. The maximum Gasteiger partial charge on any atom is 0.321 e. The fourth-order valence-corrected chi connectivity index (χ4v) is 2.47. The zero-order valence-corrected chi connectivity index (χ0v) is 14.1. The summed E-state index contributed by atoms with van der Waals surface area (Å²) in [6.45, 7) is 0.405. The average molecular weight is 328 g/mol. The Morgan fingerprint density at radius 2 is 1.83 bits per heavy atom. The molecule has 1 atom stereocenters. The molecule has 1 unspecified atom stereocenters. The van der Waals surface area contributed by atoms with Gasteiger partial charge in [0.25, 0.3) is 0 Å². The van der Waals surface area contributed by atoms with Gasteiger partial charge in [0.1, 0.15) is 0 Å². The third kappa shape index (κ3) is 5.37. The lowest BCUT2D eigenvalue weighted by Gasteiger charge is -2.21. The number of urea groups is 1. The predicted molar refractivity (Wildman–Crippen MR) is 95.2 cm³/mol. The van der Waals surface area contributed by atoms with Crippen LogP contribution in [0.3, 0.4) is 0 Å². The second kappa shape index (κ2) is 9.05. The quantitative estimate of drug-likeness (QED) is 0.821. The Bertz CT molecular complexity index is 646. The average Bonchev–Trinajstić information content (AvgIpc) is 2.57. The van der Waals surface area contributed by atoms with Gasteiger partial charge in [-0.2, -0.15) is 0 Å². The van der Waals surface area contributed by atoms with Crippen LogP contribution >= 0.6 is 0 Å². The summed E-state index contributed by atoms with van der Waals surface area (Å²) in [4.78, 5) is 13.8. The lowest BCUT2D eigenvalue weighted by molar-refractivity contribution is 0.0501. The van der Waals surface area contributed by atoms with Crippen molar-refractivity contribution in [2.75, 3.05) is 32.6 Å². The van der Waals surface area contributed by atoms with Crippen LogP contribution in [0.2, 0.25) is 0 Å². The van der Waals surface area contributed by atoms with Gasteiger partial charge in [-0.1, -0.05) is 48.5 Å². The van der Waals surface area contributed by atoms with Crippen molar-refractivity contribution in [2.24, 2.45) is 0 Å². The molecule has 128 valence electrons. The molecule has 5 nitrogen and oxygen atoms in total. The van der Waals surface area contributed by atoms with Crippen molar-refractivity contribution in [3.63, 3.8) is 0 Å². The van der Waals surface area contributed by atoms with E-state index in [4.69, 9.17) is 4.74 Å². The molecule has 2 aromatic carbocycles. The van der Waals surface area contributed by atoms with Gasteiger partial charge in [-0.25, -0.2) is 4.79 Å². The largest absolute Gasteiger partial charge is 0.389 e. The first kappa shape index (κ1) is 18.0. The number of aliphatic hydroxyl groups is 1. The van der Waals surface area contributed by atoms with Crippen LogP contribution in [0.1, 0.15) is 11.1 Å². The van der Waals surface area contributed by atoms with E-state index in [0.717, 1.165) is 17.7 Å². The van der Waals surface area contributed by atoms with E-state index < -0.39 is 6.10 Å². The van der Waals surface area contributed by atoms with Crippen LogP contribution in [0.15, 0.2) is 54.6 Å². The number of amides is 2. The van der Waals surface area contributed by atoms with E-state index in [1.165, 1.54) is 17.6 Å². The number of anilines is 1. The molecule has 0 bridgehead atoms. The standard InChI is InChI=1S/C19H24N2O3/c1-21(13-17(22)14-24-2)19(23)20-18-11-7-6-10-16(18)12-15-8-4-3-5-9-15/h3-11,17,22H,12-14H2,1-2H3,(H,20,23). The van der Waals surface area contributed by atoms with Crippen LogP contribution in [0.5, 0.6) is 0 Å². The van der Waals surface area contributed by atoms with Crippen LogP contribution in [0.4, 0.5) is 10.5 Å². The van der Waals surface area contributed by atoms with Gasteiger partial charge in [-0.15, -0.1) is 0 Å². The number of para-hydroxylation sites is 1. The van der Waals surface area contributed by atoms with Crippen LogP contribution in [-0.2, 0) is 11.2 Å². The van der Waals surface area contributed by atoms with Gasteiger partial charge in [-0.05, 0) is 23.6 Å². The first-order chi connectivity index (χ1) is 11.6. The molecule has 0 aromatic heterocycles. The molecule has 0 aliphatic heterocycles. The fraction of sp³-hybridized carbons (Fsp3) is 0.316. The number of rotatable bonds is 7. The Kier molecular flexibility index (Phi) is 6.78. The van der Waals surface area contributed by atoms with Gasteiger partial charge in [0.05, 0.1) is 19.3 Å². The summed E-state index contributed by atoms with van der Waals surface area (Å²) in [5.74, 6) is 0. The van der Waals surface area contributed by atoms with Crippen LogP contribution in [0, 0.1) is 0 Å². The molecule has 2 rings (SSSR count). The normalized spacial score (nSPS) is 11.8. The number of aliphatic hydroxyl groups excluding tert-OH is 1. The van der Waals surface area contributed by atoms with Gasteiger partial charge >= 0.3 is 6.03 Å². The Morgan fingerprint density at radius 1 is 1.17 bits per heavy atom. The third-order valence-electron chi connectivity index (χ3n) is 3.69. The van der Waals surface area contributed by atoms with Gasteiger partial charge in [0.2, 0.25) is 0 Å². The SMILES string of the molecule is COCC(O)CN(C)C(=O)Nc1ccccc1Cc1ccccc1. The molecule has 0 saturated heterocycles. The van der Waals surface area contributed by atoms with E-state index in [2.05, 4.69) is 17.4 Å². The van der Waals surface area contributed by atoms with Crippen molar-refractivity contribution in [3.8, 4) is 0 Å². The van der Waals surface area contributed by atoms with Gasteiger partial charge in [0, 0.05) is 19.8 Å². The van der Waals surface area contributed by atoms with Gasteiger partial charge in [-0.3, -0.25) is 0 Å². The molecule has 0 aliphatic carbocycles. The molecule has 24 heavy (non-hydrogen) atoms. The van der Waals surface area contributed by atoms with E-state index in [0.29, 0.717) is 0 Å². The minimum atomic E-state index is -0.703. The zero-order valence-electron chi connectivity index (χ0n) is 14.1. The van der Waals surface area contributed by atoms with Crippen LogP contribution in [-0.4, -0.2) is 49.5 Å². The summed E-state index contributed by atoms with van der Waals surface area (Å²) in [7, 11) is 3.16. The second-order valence-electron chi connectivity index (χ2n) is 5.74. The summed E-state index contributed by atoms with van der Waals surface area (Å²) in [6, 6.07) is 17.6. The number of likely N-dealkylation sites (N-methyl/N-ethyl adjacent to an activating group) is 1. The molecular weight excluding hydrogens is 304 g/mol. The molecule has 5 heteroatoms. The molecule has 2 N–H and O–H groups in total. The topological polar surface area (TPSA) is 61.8 Å². The number of nitrogens with zero attached hydrogens (tertiary/aromatic N) is 1. The Balaban J connectivity index is 2.03. The highest BCUT2D eigenvalue weighted by molar-refractivity contribution is 5.90. The molecule has 2 aromatic rings. The van der Waals surface area contributed by atoms with Crippen molar-refractivity contribution in [2.45, 2.75) is 12.5 Å². The zero-order chi connectivity index (χ0) is 17.4. The number of nitrogens with one attached hydrogen (secondary N) is 1. The van der Waals surface area contributed by atoms with Gasteiger partial charge in [0.15, 0.2) is 0 Å². The Labute approximate surface area is 142 Å². The van der Waals surface area contributed by atoms with Crippen molar-refractivity contribution < 1.29 is 14.6 Å². The van der Waals surface area contributed by atoms with Crippen molar-refractivity contribution >= 4 is 11.7 Å². The predicted octanol–water partition coefficient (Wildman–Crippen LogP) is 2.75. The summed E-state index contributed by atoms with van der Waals surface area (Å²) in [5, 5.41) is 12.7. The number of ether oxygens (including phenoxy) is 1. The van der Waals surface area contributed by atoms with Crippen LogP contribution < -0.4 is 5.32 Å². The van der Waals surface area contributed by atoms with Crippen molar-refractivity contribution in [3.05, 3.63) is 65.7 Å². The Morgan fingerprint density at radius 3 is 2.54 bits per heavy atom. The number of hydrogen-bond acceptors (Lipinski definition) is 3. The highest BCUT2D eigenvalue weighted by Gasteiger charge is 2.15. The summed E-state index contributed by atoms with van der Waals surface area (Å²) < 4.78 is 4.88. The minimum Gasteiger partial charge on any atom is -0.389 e. The second-order valence-corrected chi connectivity index (χ2v) is 5.74. The highest BCUT2D eigenvalue weighted by Crippen LogP contribution is 2.19. The number of carbonyl (C=O) groups is 1. The molecular formula is C19H24N2O3. The monoisotopic (exact) mass is 328 g/mol. The number of methoxy groups -OCH3 is 1. The fourth-order valence-electron chi connectivity index (χ4n) is 2.47. The summed E-state index contributed by atoms with van der Waals surface area (Å²) in [5.41, 5.74) is 3.00. The van der Waals surface area contributed by atoms with Crippen LogP contribution in [0.25, 0.3) is 0 Å². The Hall–Kier alpha value is -2.37. The summed E-state index contributed by atoms with van der Waals surface area (Å²) >= 11 is 0. The summed E-state index contributed by atoms with van der Waals surface area (Å²) in [6.07, 6.45) is 0.0399. The smallest absolute Gasteiger partial charge is 0.321 e. The van der Waals surface area contributed by atoms with E-state index in [9.17, 15) is 9.90 Å². The molecule has 0 aliphatic rings. The van der Waals surface area contributed by atoms with E-state index >= 15 is 0 Å². The number of carbonyl (C=O) groups excluding carboxylic acids is 1. The van der Waals surface area contributed by atoms with E-state index in [1.54, 1.807) is 7.05 Å². The molecule has 0 saturated carbocycles. The van der Waals surface area contributed by atoms with E-state index in [1.807, 2.05) is 42.5 Å². The van der Waals surface area contributed by atoms with Crippen molar-refractivity contribution in [1.82, 2.24) is 4.90 Å². The first-order valence-corrected chi connectivity index (χ1v) is 7.91. The van der Waals surface area contributed by atoms with Crippen molar-refractivity contribution in [1.29, 1.82) is 0 Å². The third-order valence-corrected chi connectivity index (χ3v) is 3.69. The number of benzene rings is 2. The molecule has 0 heterocycles. The molecule has 0 radical (unpaired) electrons. The lowest BCUT2D eigenvalue weighted by atomic mass is 10.0. The lowest BCUT2D eigenvalue weighted by Crippen LogP contribution is -2.38. The molecule has 2 amide bonds. The maximum atomic E-state index is 12.3. The van der Waals surface area contributed by atoms with Gasteiger partial charge < -0.3 is 20.1 Å².